The molecule has 1 amide bonds. The van der Waals surface area contributed by atoms with Crippen LogP contribution in [0, 0.1) is 0 Å². The number of hydrogen-bond donors (Lipinski definition) is 0. The van der Waals surface area contributed by atoms with Gasteiger partial charge in [0.25, 0.3) is 0 Å². The van der Waals surface area contributed by atoms with E-state index < -0.39 is 5.60 Å². The minimum absolute atomic E-state index is 0.110. The van der Waals surface area contributed by atoms with Gasteiger partial charge < -0.3 is 14.5 Å². The highest BCUT2D eigenvalue weighted by atomic mass is 79.9. The first-order chi connectivity index (χ1) is 12.2. The van der Waals surface area contributed by atoms with Crippen LogP contribution in [0.4, 0.5) is 10.6 Å². The van der Waals surface area contributed by atoms with Crippen LogP contribution in [0.5, 0.6) is 0 Å². The predicted molar refractivity (Wildman–Crippen MR) is 104 cm³/mol. The average Bonchev–Trinajstić information content (AvgIpc) is 3.08. The Bertz CT molecular complexity index is 772. The van der Waals surface area contributed by atoms with E-state index in [2.05, 4.69) is 37.8 Å². The Balaban J connectivity index is 1.80. The number of pyridine rings is 1. The number of aromatic nitrogens is 3. The zero-order chi connectivity index (χ0) is 18.9. The van der Waals surface area contributed by atoms with Crippen LogP contribution >= 0.6 is 15.9 Å². The van der Waals surface area contributed by atoms with Gasteiger partial charge in [-0.3, -0.25) is 0 Å². The molecular formula is C18H24BrN5O2. The fourth-order valence-electron chi connectivity index (χ4n) is 2.99. The van der Waals surface area contributed by atoms with E-state index in [-0.39, 0.29) is 12.1 Å². The molecule has 0 bridgehead atoms. The predicted octanol–water partition coefficient (Wildman–Crippen LogP) is 3.48. The lowest BCUT2D eigenvalue weighted by Crippen LogP contribution is -2.55. The third-order valence-electron chi connectivity index (χ3n) is 4.12. The number of hydrogen-bond acceptors (Lipinski definition) is 5. The molecule has 1 fully saturated rings. The number of nitrogens with zero attached hydrogens (tertiary/aromatic N) is 5. The molecular weight excluding hydrogens is 398 g/mol. The maximum absolute atomic E-state index is 12.4. The normalized spacial score (nSPS) is 18.1. The second-order valence-corrected chi connectivity index (χ2v) is 8.33. The van der Waals surface area contributed by atoms with Crippen LogP contribution < -0.4 is 4.90 Å². The first kappa shape index (κ1) is 18.7. The summed E-state index contributed by atoms with van der Waals surface area (Å²) < 4.78 is 8.20. The van der Waals surface area contributed by atoms with Crippen LogP contribution in [0.2, 0.25) is 0 Å². The van der Waals surface area contributed by atoms with Crippen LogP contribution in [-0.4, -0.2) is 57.0 Å². The summed E-state index contributed by atoms with van der Waals surface area (Å²) in [5, 5.41) is 4.34. The van der Waals surface area contributed by atoms with E-state index >= 15 is 0 Å². The Kier molecular flexibility index (Phi) is 5.22. The van der Waals surface area contributed by atoms with Crippen molar-refractivity contribution >= 4 is 27.8 Å². The molecule has 26 heavy (non-hydrogen) atoms. The average molecular weight is 422 g/mol. The van der Waals surface area contributed by atoms with Gasteiger partial charge in [-0.1, -0.05) is 0 Å². The van der Waals surface area contributed by atoms with Gasteiger partial charge in [0.15, 0.2) is 5.82 Å². The van der Waals surface area contributed by atoms with Crippen LogP contribution in [-0.2, 0) is 4.74 Å². The molecule has 8 heteroatoms. The third kappa shape index (κ3) is 4.17. The molecule has 7 nitrogen and oxygen atoms in total. The molecule has 1 aliphatic heterocycles. The van der Waals surface area contributed by atoms with Gasteiger partial charge in [0.05, 0.1) is 0 Å². The molecule has 2 aromatic rings. The lowest BCUT2D eigenvalue weighted by Gasteiger charge is -2.41. The zero-order valence-electron chi connectivity index (χ0n) is 15.5. The Hall–Kier alpha value is -2.09. The van der Waals surface area contributed by atoms with Gasteiger partial charge in [-0.2, -0.15) is 5.10 Å². The summed E-state index contributed by atoms with van der Waals surface area (Å²) >= 11 is 3.49. The summed E-state index contributed by atoms with van der Waals surface area (Å²) in [6, 6.07) is 4.00. The highest BCUT2D eigenvalue weighted by Gasteiger charge is 2.31. The molecule has 1 saturated heterocycles. The van der Waals surface area contributed by atoms with Gasteiger partial charge in [0.2, 0.25) is 0 Å². The summed E-state index contributed by atoms with van der Waals surface area (Å²) in [6.45, 7) is 9.60. The minimum atomic E-state index is -0.488. The van der Waals surface area contributed by atoms with Gasteiger partial charge in [0.1, 0.15) is 11.3 Å². The molecule has 0 saturated carbocycles. The van der Waals surface area contributed by atoms with Gasteiger partial charge in [0, 0.05) is 48.7 Å². The molecule has 0 aromatic carbocycles. The van der Waals surface area contributed by atoms with Crippen molar-refractivity contribution in [1.82, 2.24) is 19.7 Å². The van der Waals surface area contributed by atoms with Crippen molar-refractivity contribution in [3.8, 4) is 5.69 Å². The topological polar surface area (TPSA) is 63.5 Å². The number of amides is 1. The van der Waals surface area contributed by atoms with E-state index in [1.54, 1.807) is 22.0 Å². The standard InChI is InChI=1S/C18H24BrN5O2/c1-13-12-22(17(25)26-18(2,3)4)8-9-23(13)16-15(10-14(19)11-20-16)24-7-5-6-21-24/h5-7,10-11,13H,8-9,12H2,1-4H3/t13-/m0/s1. The molecule has 3 heterocycles. The minimum Gasteiger partial charge on any atom is -0.444 e. The smallest absolute Gasteiger partial charge is 0.410 e. The highest BCUT2D eigenvalue weighted by Crippen LogP contribution is 2.28. The lowest BCUT2D eigenvalue weighted by molar-refractivity contribution is 0.0218. The van der Waals surface area contributed by atoms with Crippen molar-refractivity contribution in [2.75, 3.05) is 24.5 Å². The molecule has 0 radical (unpaired) electrons. The summed E-state index contributed by atoms with van der Waals surface area (Å²) in [7, 11) is 0. The van der Waals surface area contributed by atoms with Crippen molar-refractivity contribution in [3.63, 3.8) is 0 Å². The van der Waals surface area contributed by atoms with E-state index in [0.29, 0.717) is 19.6 Å². The maximum Gasteiger partial charge on any atom is 0.410 e. The zero-order valence-corrected chi connectivity index (χ0v) is 17.1. The molecule has 3 rings (SSSR count). The number of halogens is 1. The Labute approximate surface area is 162 Å². The quantitative estimate of drug-likeness (QED) is 0.742. The Morgan fingerprint density at radius 2 is 2.12 bits per heavy atom. The Morgan fingerprint density at radius 3 is 2.73 bits per heavy atom. The van der Waals surface area contributed by atoms with Crippen LogP contribution in [0.25, 0.3) is 5.69 Å². The van der Waals surface area contributed by atoms with Crippen LogP contribution in [0.15, 0.2) is 35.2 Å². The fourth-order valence-corrected chi connectivity index (χ4v) is 3.31. The molecule has 0 aliphatic carbocycles. The van der Waals surface area contributed by atoms with Gasteiger partial charge >= 0.3 is 6.09 Å². The summed E-state index contributed by atoms with van der Waals surface area (Å²) in [5.74, 6) is 0.855. The largest absolute Gasteiger partial charge is 0.444 e. The molecule has 1 aliphatic rings. The van der Waals surface area contributed by atoms with Crippen molar-refractivity contribution in [2.45, 2.75) is 39.3 Å². The molecule has 0 N–H and O–H groups in total. The van der Waals surface area contributed by atoms with E-state index in [9.17, 15) is 4.79 Å². The SMILES string of the molecule is C[C@H]1CN(C(=O)OC(C)(C)C)CCN1c1ncc(Br)cc1-n1cccn1. The maximum atomic E-state index is 12.4. The number of rotatable bonds is 2. The third-order valence-corrected chi connectivity index (χ3v) is 4.55. The molecule has 0 unspecified atom stereocenters. The first-order valence-electron chi connectivity index (χ1n) is 8.65. The molecule has 140 valence electrons. The number of anilines is 1. The first-order valence-corrected chi connectivity index (χ1v) is 9.44. The number of piperazine rings is 1. The Morgan fingerprint density at radius 1 is 1.35 bits per heavy atom. The molecule has 1 atom stereocenters. The number of carbonyl (C=O) groups is 1. The van der Waals surface area contributed by atoms with Crippen molar-refractivity contribution in [1.29, 1.82) is 0 Å². The summed E-state index contributed by atoms with van der Waals surface area (Å²) in [4.78, 5) is 20.9. The van der Waals surface area contributed by atoms with Gasteiger partial charge in [-0.15, -0.1) is 0 Å². The number of ether oxygens (including phenoxy) is 1. The molecule has 0 spiro atoms. The van der Waals surface area contributed by atoms with Gasteiger partial charge in [-0.25, -0.2) is 14.5 Å². The second-order valence-electron chi connectivity index (χ2n) is 7.42. The van der Waals surface area contributed by atoms with E-state index in [1.807, 2.05) is 39.1 Å². The van der Waals surface area contributed by atoms with Crippen molar-refractivity contribution < 1.29 is 9.53 Å². The summed E-state index contributed by atoms with van der Waals surface area (Å²) in [6.07, 6.45) is 5.17. The van der Waals surface area contributed by atoms with E-state index in [4.69, 9.17) is 4.74 Å². The monoisotopic (exact) mass is 421 g/mol. The lowest BCUT2D eigenvalue weighted by atomic mass is 10.1. The van der Waals surface area contributed by atoms with Crippen LogP contribution in [0.3, 0.4) is 0 Å². The van der Waals surface area contributed by atoms with Crippen molar-refractivity contribution in [2.24, 2.45) is 0 Å². The van der Waals surface area contributed by atoms with E-state index in [0.717, 1.165) is 16.0 Å². The number of carbonyl (C=O) groups excluding carboxylic acids is 1. The van der Waals surface area contributed by atoms with Gasteiger partial charge in [-0.05, 0) is 55.8 Å². The summed E-state index contributed by atoms with van der Waals surface area (Å²) in [5.41, 5.74) is 0.416. The van der Waals surface area contributed by atoms with E-state index in [1.165, 1.54) is 0 Å². The molecule has 2 aromatic heterocycles. The van der Waals surface area contributed by atoms with Crippen molar-refractivity contribution in [3.05, 3.63) is 35.2 Å². The fraction of sp³-hybridized carbons (Fsp3) is 0.500. The highest BCUT2D eigenvalue weighted by molar-refractivity contribution is 9.10. The van der Waals surface area contributed by atoms with Crippen LogP contribution in [0.1, 0.15) is 27.7 Å². The second kappa shape index (κ2) is 7.26.